The molecule has 0 aliphatic carbocycles. The predicted octanol–water partition coefficient (Wildman–Crippen LogP) is 2.72. The lowest BCUT2D eigenvalue weighted by atomic mass is 10.3. The van der Waals surface area contributed by atoms with Crippen LogP contribution in [0.3, 0.4) is 0 Å². The summed E-state index contributed by atoms with van der Waals surface area (Å²) in [7, 11) is -6.60. The molecule has 0 fully saturated rings. The highest BCUT2D eigenvalue weighted by molar-refractivity contribution is 7.96. The van der Waals surface area contributed by atoms with E-state index in [1.54, 1.807) is 36.4 Å². The van der Waals surface area contributed by atoms with Gasteiger partial charge in [0.15, 0.2) is 14.7 Å². The second kappa shape index (κ2) is 6.00. The number of hydrogen-bond acceptors (Lipinski definition) is 5. The number of allylic oxidation sites excluding steroid dienone is 1. The van der Waals surface area contributed by atoms with E-state index in [0.29, 0.717) is 4.90 Å². The summed E-state index contributed by atoms with van der Waals surface area (Å²) in [6.07, 6.45) is 2.30. The van der Waals surface area contributed by atoms with Crippen molar-refractivity contribution in [2.75, 3.05) is 6.26 Å². The minimum absolute atomic E-state index is 0.478. The number of rotatable bonds is 3. The van der Waals surface area contributed by atoms with Crippen LogP contribution in [0.2, 0.25) is 0 Å². The predicted molar refractivity (Wildman–Crippen MR) is 83.6 cm³/mol. The van der Waals surface area contributed by atoms with Gasteiger partial charge in [0, 0.05) is 11.2 Å². The smallest absolute Gasteiger partial charge is 0.194 e. The van der Waals surface area contributed by atoms with Gasteiger partial charge in [0.2, 0.25) is 0 Å². The third kappa shape index (κ3) is 3.93. The van der Waals surface area contributed by atoms with E-state index >= 15 is 0 Å². The summed E-state index contributed by atoms with van der Waals surface area (Å²) >= 11 is 0. The van der Waals surface area contributed by atoms with Gasteiger partial charge in [-0.3, -0.25) is 0 Å². The van der Waals surface area contributed by atoms with Crippen molar-refractivity contribution in [3.05, 3.63) is 41.4 Å². The Labute approximate surface area is 126 Å². The molecule has 0 aromatic heterocycles. The lowest BCUT2D eigenvalue weighted by molar-refractivity contribution is 0.568. The van der Waals surface area contributed by atoms with Crippen molar-refractivity contribution in [1.82, 2.24) is 0 Å². The quantitative estimate of drug-likeness (QED) is 0.799. The van der Waals surface area contributed by atoms with Gasteiger partial charge in [0.1, 0.15) is 6.07 Å². The summed E-state index contributed by atoms with van der Waals surface area (Å²) in [6, 6.07) is 10.1. The lowest BCUT2D eigenvalue weighted by Gasteiger charge is -2.17. The fourth-order valence-electron chi connectivity index (χ4n) is 1.37. The first-order valence-corrected chi connectivity index (χ1v) is 9.54. The molecule has 1 rings (SSSR count). The van der Waals surface area contributed by atoms with Crippen LogP contribution in [0.25, 0.3) is 0 Å². The Balaban J connectivity index is 3.40. The monoisotopic (exact) mass is 326 g/mol. The maximum absolute atomic E-state index is 12.5. The molecule has 5 nitrogen and oxygen atoms in total. The Morgan fingerprint density at radius 2 is 1.71 bits per heavy atom. The molecular formula is C14H18N2O3S2. The van der Waals surface area contributed by atoms with E-state index in [-0.39, 0.29) is 0 Å². The summed E-state index contributed by atoms with van der Waals surface area (Å²) in [6.45, 7) is 4.48. The van der Waals surface area contributed by atoms with E-state index in [0.717, 1.165) is 6.20 Å². The first-order chi connectivity index (χ1) is 9.52. The minimum Gasteiger partial charge on any atom is -0.245 e. The molecule has 0 heterocycles. The molecule has 0 N–H and O–H groups in total. The van der Waals surface area contributed by atoms with Crippen molar-refractivity contribution < 1.29 is 12.6 Å². The first kappa shape index (κ1) is 17.4. The van der Waals surface area contributed by atoms with Crippen LogP contribution in [-0.2, 0) is 19.6 Å². The van der Waals surface area contributed by atoms with Gasteiger partial charge in [-0.1, -0.05) is 18.2 Å². The molecule has 0 radical (unpaired) electrons. The zero-order valence-electron chi connectivity index (χ0n) is 12.4. The molecule has 1 aromatic carbocycles. The molecule has 0 aliphatic rings. The summed E-state index contributed by atoms with van der Waals surface area (Å²) in [5, 5.41) is 9.04. The summed E-state index contributed by atoms with van der Waals surface area (Å²) in [4.78, 5) is -0.00722. The third-order valence-corrected chi connectivity index (χ3v) is 6.80. The molecule has 0 aliphatic heterocycles. The van der Waals surface area contributed by atoms with Crippen LogP contribution in [0.5, 0.6) is 0 Å². The fourth-order valence-corrected chi connectivity index (χ4v) is 3.50. The summed E-state index contributed by atoms with van der Waals surface area (Å²) in [5.74, 6) is 0. The van der Waals surface area contributed by atoms with Gasteiger partial charge in [0.25, 0.3) is 0 Å². The van der Waals surface area contributed by atoms with Crippen molar-refractivity contribution in [1.29, 1.82) is 5.26 Å². The Bertz CT molecular complexity index is 802. The minimum atomic E-state index is -3.81. The van der Waals surface area contributed by atoms with Gasteiger partial charge in [0.05, 0.1) is 20.7 Å². The zero-order valence-corrected chi connectivity index (χ0v) is 14.0. The van der Waals surface area contributed by atoms with E-state index in [4.69, 9.17) is 5.26 Å². The molecule has 0 saturated heterocycles. The Morgan fingerprint density at radius 1 is 1.19 bits per heavy atom. The summed E-state index contributed by atoms with van der Waals surface area (Å²) < 4.78 is 39.6. The topological polar surface area (TPSA) is 87.4 Å². The highest BCUT2D eigenvalue weighted by Gasteiger charge is 2.33. The zero-order chi connectivity index (χ0) is 16.3. The van der Waals surface area contributed by atoms with Crippen LogP contribution in [0, 0.1) is 11.3 Å². The third-order valence-electron chi connectivity index (χ3n) is 2.76. The highest BCUT2D eigenvalue weighted by atomic mass is 32.2. The van der Waals surface area contributed by atoms with Crippen molar-refractivity contribution >= 4 is 19.6 Å². The number of benzene rings is 1. The molecule has 0 spiro atoms. The van der Waals surface area contributed by atoms with Crippen molar-refractivity contribution in [3.8, 4) is 6.07 Å². The van der Waals surface area contributed by atoms with E-state index < -0.39 is 29.2 Å². The largest absolute Gasteiger partial charge is 0.245 e. The van der Waals surface area contributed by atoms with E-state index in [9.17, 15) is 12.6 Å². The van der Waals surface area contributed by atoms with E-state index in [1.165, 1.54) is 27.0 Å². The number of hydrogen-bond donors (Lipinski definition) is 0. The lowest BCUT2D eigenvalue weighted by Crippen LogP contribution is -2.28. The first-order valence-electron chi connectivity index (χ1n) is 6.13. The average Bonchev–Trinajstić information content (AvgIpc) is 2.38. The second-order valence-corrected chi connectivity index (χ2v) is 10.4. The van der Waals surface area contributed by atoms with Crippen LogP contribution in [0.4, 0.5) is 0 Å². The van der Waals surface area contributed by atoms with Gasteiger partial charge in [-0.2, -0.15) is 5.26 Å². The normalized spacial score (nSPS) is 15.9. The number of nitrogens with zero attached hydrogens (tertiary/aromatic N) is 2. The van der Waals surface area contributed by atoms with Crippen molar-refractivity contribution in [2.45, 2.75) is 30.4 Å². The van der Waals surface area contributed by atoms with Crippen LogP contribution < -0.4 is 0 Å². The molecule has 1 atom stereocenters. The van der Waals surface area contributed by atoms with Crippen LogP contribution in [0.1, 0.15) is 20.8 Å². The molecule has 0 amide bonds. The van der Waals surface area contributed by atoms with Crippen molar-refractivity contribution in [3.63, 3.8) is 0 Å². The molecule has 114 valence electrons. The maximum atomic E-state index is 12.5. The van der Waals surface area contributed by atoms with Crippen LogP contribution >= 0.6 is 0 Å². The molecule has 21 heavy (non-hydrogen) atoms. The maximum Gasteiger partial charge on any atom is 0.194 e. The SMILES string of the molecule is CC(C)(C)S(=O)(=O)/C(C#N)=C/N=S(C)(=O)c1ccccc1. The van der Waals surface area contributed by atoms with E-state index in [2.05, 4.69) is 4.36 Å². The number of sulfone groups is 1. The highest BCUT2D eigenvalue weighted by Crippen LogP contribution is 2.23. The molecule has 0 saturated carbocycles. The molecular weight excluding hydrogens is 308 g/mol. The molecule has 1 unspecified atom stereocenters. The Kier molecular flexibility index (Phi) is 4.97. The van der Waals surface area contributed by atoms with Gasteiger partial charge >= 0.3 is 0 Å². The van der Waals surface area contributed by atoms with Gasteiger partial charge in [-0.25, -0.2) is 17.0 Å². The van der Waals surface area contributed by atoms with Gasteiger partial charge < -0.3 is 0 Å². The standard InChI is InChI=1S/C14H18N2O3S2/c1-14(2,3)21(18,19)13(10-15)11-16-20(4,17)12-8-6-5-7-9-12/h5-9,11H,1-4H3/b13-11+. The van der Waals surface area contributed by atoms with Crippen LogP contribution in [0.15, 0.2) is 50.7 Å². The molecule has 1 aromatic rings. The van der Waals surface area contributed by atoms with Crippen molar-refractivity contribution in [2.24, 2.45) is 4.36 Å². The number of nitriles is 1. The summed E-state index contributed by atoms with van der Waals surface area (Å²) in [5.41, 5.74) is 0. The van der Waals surface area contributed by atoms with Gasteiger partial charge in [-0.15, -0.1) is 0 Å². The fraction of sp³-hybridized carbons (Fsp3) is 0.357. The molecule has 0 bridgehead atoms. The average molecular weight is 326 g/mol. The molecule has 7 heteroatoms. The second-order valence-electron chi connectivity index (χ2n) is 5.44. The van der Waals surface area contributed by atoms with Crippen LogP contribution in [-0.4, -0.2) is 23.6 Å². The Morgan fingerprint density at radius 3 is 2.14 bits per heavy atom. The van der Waals surface area contributed by atoms with E-state index in [1.807, 2.05) is 0 Å². The Hall–Kier alpha value is -1.65. The van der Waals surface area contributed by atoms with Gasteiger partial charge in [-0.05, 0) is 32.9 Å².